The first kappa shape index (κ1) is 29.5. The Balaban J connectivity index is 1.41. The van der Waals surface area contributed by atoms with Crippen LogP contribution in [0.25, 0.3) is 33.1 Å². The van der Waals surface area contributed by atoms with E-state index in [1.807, 2.05) is 23.1 Å². The smallest absolute Gasteiger partial charge is 0.320 e. The molecule has 4 aromatic rings. The van der Waals surface area contributed by atoms with E-state index >= 15 is 0 Å². The number of carbonyl (C=O) groups excluding carboxylic acids is 1. The molecule has 2 aromatic heterocycles. The maximum Gasteiger partial charge on any atom is 0.320 e. The summed E-state index contributed by atoms with van der Waals surface area (Å²) in [5, 5.41) is 12.5. The lowest BCUT2D eigenvalue weighted by molar-refractivity contribution is -0.131. The number of nitrogens with zero attached hydrogens (tertiary/aromatic N) is 7. The zero-order chi connectivity index (χ0) is 31.0. The third-order valence-electron chi connectivity index (χ3n) is 8.63. The van der Waals surface area contributed by atoms with Gasteiger partial charge in [-0.1, -0.05) is 43.0 Å². The zero-order valence-corrected chi connectivity index (χ0v) is 25.4. The standard InChI is InChI=1S/C34H36FN7O2/c1-22-7-5-8-24-9-6-10-26(29(22)24)28-12-11-27-30(37-28)38-33(44-21-34(14-15-34)20-40(3)4)39-31(27)41-17-18-42(32(43)23(2)35)25(19-41)13-16-36/h5-12,25H,2,13-15,17-21H2,1,3-4H3/t25-/m0/s1. The zero-order valence-electron chi connectivity index (χ0n) is 25.4. The molecule has 10 heteroatoms. The summed E-state index contributed by atoms with van der Waals surface area (Å²) >= 11 is 0. The Morgan fingerprint density at radius 2 is 1.91 bits per heavy atom. The summed E-state index contributed by atoms with van der Waals surface area (Å²) in [7, 11) is 4.12. The molecular formula is C34H36FN7O2. The number of aryl methyl sites for hydroxylation is 1. The van der Waals surface area contributed by atoms with Crippen LogP contribution in [0.3, 0.4) is 0 Å². The van der Waals surface area contributed by atoms with E-state index < -0.39 is 17.8 Å². The lowest BCUT2D eigenvalue weighted by atomic mass is 9.97. The van der Waals surface area contributed by atoms with Crippen LogP contribution < -0.4 is 9.64 Å². The number of amides is 1. The predicted molar refractivity (Wildman–Crippen MR) is 169 cm³/mol. The van der Waals surface area contributed by atoms with Gasteiger partial charge in [0.2, 0.25) is 0 Å². The summed E-state index contributed by atoms with van der Waals surface area (Å²) in [6, 6.07) is 18.3. The number of pyridine rings is 1. The van der Waals surface area contributed by atoms with Gasteiger partial charge in [0.15, 0.2) is 11.5 Å². The second-order valence-corrected chi connectivity index (χ2v) is 12.3. The van der Waals surface area contributed by atoms with Crippen molar-refractivity contribution in [2.24, 2.45) is 5.41 Å². The van der Waals surface area contributed by atoms with Crippen molar-refractivity contribution in [1.82, 2.24) is 24.8 Å². The Kier molecular flexibility index (Phi) is 7.91. The average molecular weight is 594 g/mol. The molecule has 0 spiro atoms. The Labute approximate surface area is 256 Å². The molecule has 6 rings (SSSR count). The van der Waals surface area contributed by atoms with Crippen molar-refractivity contribution in [3.05, 3.63) is 66.5 Å². The normalized spacial score (nSPS) is 17.6. The Bertz CT molecular complexity index is 1790. The van der Waals surface area contributed by atoms with Crippen molar-refractivity contribution in [3.8, 4) is 23.3 Å². The van der Waals surface area contributed by atoms with E-state index in [9.17, 15) is 14.4 Å². The van der Waals surface area contributed by atoms with E-state index in [1.54, 1.807) is 0 Å². The molecule has 2 aromatic carbocycles. The van der Waals surface area contributed by atoms with Crippen LogP contribution in [0.4, 0.5) is 10.2 Å². The van der Waals surface area contributed by atoms with Crippen molar-refractivity contribution in [1.29, 1.82) is 5.26 Å². The van der Waals surface area contributed by atoms with Crippen LogP contribution >= 0.6 is 0 Å². The van der Waals surface area contributed by atoms with Gasteiger partial charge in [0, 0.05) is 37.2 Å². The Hall–Kier alpha value is -4.62. The first-order valence-electron chi connectivity index (χ1n) is 14.9. The van der Waals surface area contributed by atoms with Gasteiger partial charge in [-0.05, 0) is 62.3 Å². The molecule has 0 bridgehead atoms. The van der Waals surface area contributed by atoms with Crippen LogP contribution in [-0.2, 0) is 4.79 Å². The monoisotopic (exact) mass is 593 g/mol. The summed E-state index contributed by atoms with van der Waals surface area (Å²) in [5.41, 5.74) is 3.54. The molecule has 2 aliphatic rings. The minimum absolute atomic E-state index is 0.0534. The van der Waals surface area contributed by atoms with Crippen molar-refractivity contribution in [2.45, 2.75) is 32.2 Å². The lowest BCUT2D eigenvalue weighted by Crippen LogP contribution is -2.55. The molecule has 1 aliphatic carbocycles. The van der Waals surface area contributed by atoms with Gasteiger partial charge in [0.25, 0.3) is 5.91 Å². The predicted octanol–water partition coefficient (Wildman–Crippen LogP) is 5.29. The molecule has 1 aliphatic heterocycles. The number of anilines is 1. The molecule has 2 fully saturated rings. The average Bonchev–Trinajstić information content (AvgIpc) is 3.77. The highest BCUT2D eigenvalue weighted by Gasteiger charge is 2.44. The van der Waals surface area contributed by atoms with Crippen LogP contribution in [0.2, 0.25) is 0 Å². The highest BCUT2D eigenvalue weighted by Crippen LogP contribution is 2.46. The van der Waals surface area contributed by atoms with E-state index in [0.29, 0.717) is 31.2 Å². The maximum absolute atomic E-state index is 13.8. The Morgan fingerprint density at radius 3 is 2.61 bits per heavy atom. The van der Waals surface area contributed by atoms with Gasteiger partial charge in [-0.2, -0.15) is 15.2 Å². The molecule has 1 atom stereocenters. The quantitative estimate of drug-likeness (QED) is 0.242. The SMILES string of the molecule is C=C(F)C(=O)N1CCN(c2nc(OCC3(CN(C)C)CC3)nc3nc(-c4cccc5cccc(C)c45)ccc23)C[C@@H]1CC#N. The third-order valence-corrected chi connectivity index (χ3v) is 8.63. The topological polar surface area (TPSA) is 98.5 Å². The second-order valence-electron chi connectivity index (χ2n) is 12.3. The number of hydrogen-bond acceptors (Lipinski definition) is 8. The number of nitriles is 1. The number of rotatable bonds is 9. The van der Waals surface area contributed by atoms with E-state index in [2.05, 4.69) is 68.9 Å². The van der Waals surface area contributed by atoms with Gasteiger partial charge < -0.3 is 19.4 Å². The fraction of sp³-hybridized carbons (Fsp3) is 0.382. The molecule has 0 N–H and O–H groups in total. The van der Waals surface area contributed by atoms with E-state index in [0.717, 1.165) is 52.4 Å². The lowest BCUT2D eigenvalue weighted by Gasteiger charge is -2.41. The fourth-order valence-electron chi connectivity index (χ4n) is 6.34. The number of hydrogen-bond donors (Lipinski definition) is 0. The first-order valence-corrected chi connectivity index (χ1v) is 14.9. The minimum atomic E-state index is -1.03. The molecule has 3 heterocycles. The number of aromatic nitrogens is 3. The van der Waals surface area contributed by atoms with Gasteiger partial charge in [0.05, 0.1) is 36.2 Å². The highest BCUT2D eigenvalue weighted by molar-refractivity contribution is 5.99. The summed E-state index contributed by atoms with van der Waals surface area (Å²) < 4.78 is 20.1. The van der Waals surface area contributed by atoms with Gasteiger partial charge in [0.1, 0.15) is 5.82 Å². The summed E-state index contributed by atoms with van der Waals surface area (Å²) in [6.07, 6.45) is 2.22. The van der Waals surface area contributed by atoms with Crippen LogP contribution in [0.1, 0.15) is 24.8 Å². The number of piperazine rings is 1. The molecule has 44 heavy (non-hydrogen) atoms. The van der Waals surface area contributed by atoms with E-state index in [1.165, 1.54) is 4.90 Å². The molecule has 9 nitrogen and oxygen atoms in total. The third kappa shape index (κ3) is 5.80. The van der Waals surface area contributed by atoms with Gasteiger partial charge in [-0.25, -0.2) is 9.37 Å². The number of fused-ring (bicyclic) bond motifs is 2. The highest BCUT2D eigenvalue weighted by atomic mass is 19.1. The number of halogens is 1. The van der Waals surface area contributed by atoms with Crippen LogP contribution in [-0.4, -0.2) is 83.6 Å². The molecule has 1 saturated carbocycles. The van der Waals surface area contributed by atoms with Gasteiger partial charge >= 0.3 is 6.01 Å². The van der Waals surface area contributed by atoms with E-state index in [4.69, 9.17) is 19.7 Å². The maximum atomic E-state index is 13.8. The van der Waals surface area contributed by atoms with Crippen LogP contribution in [0.15, 0.2) is 60.9 Å². The second kappa shape index (κ2) is 11.8. The number of benzene rings is 2. The van der Waals surface area contributed by atoms with Crippen LogP contribution in [0.5, 0.6) is 6.01 Å². The van der Waals surface area contributed by atoms with Crippen molar-refractivity contribution in [3.63, 3.8) is 0 Å². The summed E-state index contributed by atoms with van der Waals surface area (Å²) in [4.78, 5) is 32.8. The van der Waals surface area contributed by atoms with Crippen molar-refractivity contribution < 1.29 is 13.9 Å². The fourth-order valence-corrected chi connectivity index (χ4v) is 6.34. The van der Waals surface area contributed by atoms with Gasteiger partial charge in [-0.3, -0.25) is 4.79 Å². The molecule has 0 unspecified atom stereocenters. The van der Waals surface area contributed by atoms with Crippen molar-refractivity contribution >= 4 is 33.5 Å². The molecule has 226 valence electrons. The summed E-state index contributed by atoms with van der Waals surface area (Å²) in [5.74, 6) is -1.20. The number of ether oxygens (including phenoxy) is 1. The Morgan fingerprint density at radius 1 is 1.14 bits per heavy atom. The number of carbonyl (C=O) groups is 1. The molecular weight excluding hydrogens is 557 g/mol. The molecule has 1 amide bonds. The summed E-state index contributed by atoms with van der Waals surface area (Å²) in [6.45, 7) is 7.60. The van der Waals surface area contributed by atoms with E-state index in [-0.39, 0.29) is 24.4 Å². The first-order chi connectivity index (χ1) is 21.2. The molecule has 1 saturated heterocycles. The minimum Gasteiger partial charge on any atom is -0.463 e. The van der Waals surface area contributed by atoms with Crippen molar-refractivity contribution in [2.75, 3.05) is 51.8 Å². The van der Waals surface area contributed by atoms with Crippen LogP contribution in [0, 0.1) is 23.7 Å². The largest absolute Gasteiger partial charge is 0.463 e. The van der Waals surface area contributed by atoms with Gasteiger partial charge in [-0.15, -0.1) is 0 Å². The molecule has 0 radical (unpaired) electrons.